The van der Waals surface area contributed by atoms with Gasteiger partial charge in [-0.25, -0.2) is 4.98 Å². The van der Waals surface area contributed by atoms with Gasteiger partial charge in [0.05, 0.1) is 11.5 Å². The fourth-order valence-corrected chi connectivity index (χ4v) is 1.71. The second kappa shape index (κ2) is 6.72. The van der Waals surface area contributed by atoms with Crippen LogP contribution in [0, 0.1) is 10.1 Å². The first-order valence-electron chi connectivity index (χ1n) is 5.89. The number of anilines is 1. The zero-order chi connectivity index (χ0) is 14.4. The number of nitrogens with one attached hydrogen (secondary N) is 1. The fraction of sp³-hybridized carbons (Fsp3) is 0.154. The molecule has 7 heteroatoms. The molecule has 0 aliphatic rings. The van der Waals surface area contributed by atoms with E-state index in [2.05, 4.69) is 10.3 Å². The topological polar surface area (TPSA) is 77.3 Å². The highest BCUT2D eigenvalue weighted by molar-refractivity contribution is 6.29. The van der Waals surface area contributed by atoms with E-state index in [1.54, 1.807) is 0 Å². The van der Waals surface area contributed by atoms with Crippen LogP contribution in [-0.4, -0.2) is 23.1 Å². The van der Waals surface area contributed by atoms with E-state index in [0.29, 0.717) is 13.2 Å². The molecule has 1 N–H and O–H groups in total. The van der Waals surface area contributed by atoms with Crippen LogP contribution < -0.4 is 10.1 Å². The number of hydrogen-bond acceptors (Lipinski definition) is 5. The molecule has 0 aliphatic carbocycles. The van der Waals surface area contributed by atoms with Crippen LogP contribution in [-0.2, 0) is 0 Å². The van der Waals surface area contributed by atoms with Gasteiger partial charge < -0.3 is 10.1 Å². The summed E-state index contributed by atoms with van der Waals surface area (Å²) in [7, 11) is 0. The van der Waals surface area contributed by atoms with Gasteiger partial charge in [-0.05, 0) is 18.2 Å². The summed E-state index contributed by atoms with van der Waals surface area (Å²) in [6, 6.07) is 12.0. The summed E-state index contributed by atoms with van der Waals surface area (Å²) in [5.41, 5.74) is -0.117. The SMILES string of the molecule is O=[N+]([O-])c1ccc(Cl)nc1NCCOc1ccccc1. The molecule has 2 aromatic rings. The van der Waals surface area contributed by atoms with Gasteiger partial charge in [0.1, 0.15) is 17.5 Å². The van der Waals surface area contributed by atoms with Gasteiger partial charge in [-0.2, -0.15) is 0 Å². The average molecular weight is 294 g/mol. The smallest absolute Gasteiger partial charge is 0.311 e. The Morgan fingerprint density at radius 1 is 1.25 bits per heavy atom. The normalized spacial score (nSPS) is 10.1. The highest BCUT2D eigenvalue weighted by atomic mass is 35.5. The Balaban J connectivity index is 1.91. The summed E-state index contributed by atoms with van der Waals surface area (Å²) < 4.78 is 5.47. The van der Waals surface area contributed by atoms with Crippen molar-refractivity contribution >= 4 is 23.1 Å². The van der Waals surface area contributed by atoms with Crippen molar-refractivity contribution in [3.05, 3.63) is 57.7 Å². The molecule has 1 aromatic carbocycles. The number of aromatic nitrogens is 1. The molecule has 0 unspecified atom stereocenters. The third kappa shape index (κ3) is 3.83. The van der Waals surface area contributed by atoms with Crippen molar-refractivity contribution in [3.63, 3.8) is 0 Å². The van der Waals surface area contributed by atoms with Crippen LogP contribution in [0.15, 0.2) is 42.5 Å². The van der Waals surface area contributed by atoms with E-state index in [1.807, 2.05) is 30.3 Å². The summed E-state index contributed by atoms with van der Waals surface area (Å²) in [4.78, 5) is 14.2. The number of ether oxygens (including phenoxy) is 1. The van der Waals surface area contributed by atoms with Gasteiger partial charge in [-0.3, -0.25) is 10.1 Å². The molecule has 104 valence electrons. The number of para-hydroxylation sites is 1. The minimum Gasteiger partial charge on any atom is -0.492 e. The van der Waals surface area contributed by atoms with Crippen LogP contribution in [0.3, 0.4) is 0 Å². The second-order valence-electron chi connectivity index (χ2n) is 3.85. The molecule has 0 atom stereocenters. The van der Waals surface area contributed by atoms with Crippen molar-refractivity contribution < 1.29 is 9.66 Å². The van der Waals surface area contributed by atoms with Crippen LogP contribution in [0.5, 0.6) is 5.75 Å². The lowest BCUT2D eigenvalue weighted by Crippen LogP contribution is -2.13. The lowest BCUT2D eigenvalue weighted by Gasteiger charge is -2.08. The van der Waals surface area contributed by atoms with Crippen LogP contribution in [0.2, 0.25) is 5.15 Å². The van der Waals surface area contributed by atoms with Crippen molar-refractivity contribution in [2.75, 3.05) is 18.5 Å². The largest absolute Gasteiger partial charge is 0.492 e. The van der Waals surface area contributed by atoms with E-state index in [-0.39, 0.29) is 16.7 Å². The zero-order valence-corrected chi connectivity index (χ0v) is 11.2. The Labute approximate surface area is 120 Å². The Hall–Kier alpha value is -2.34. The first kappa shape index (κ1) is 14.1. The summed E-state index contributed by atoms with van der Waals surface area (Å²) in [5, 5.41) is 13.9. The summed E-state index contributed by atoms with van der Waals surface area (Å²) in [5.74, 6) is 0.877. The highest BCUT2D eigenvalue weighted by Crippen LogP contribution is 2.23. The number of hydrogen-bond donors (Lipinski definition) is 1. The van der Waals surface area contributed by atoms with E-state index < -0.39 is 4.92 Å². The van der Waals surface area contributed by atoms with Gasteiger partial charge >= 0.3 is 5.69 Å². The standard InChI is InChI=1S/C13H12ClN3O3/c14-12-7-6-11(17(18)19)13(16-12)15-8-9-20-10-4-2-1-3-5-10/h1-7H,8-9H2,(H,15,16). The molecule has 0 saturated carbocycles. The predicted octanol–water partition coefficient (Wildman–Crippen LogP) is 3.13. The number of benzene rings is 1. The molecule has 1 heterocycles. The number of nitrogens with zero attached hydrogens (tertiary/aromatic N) is 2. The molecule has 6 nitrogen and oxygen atoms in total. The lowest BCUT2D eigenvalue weighted by molar-refractivity contribution is -0.384. The van der Waals surface area contributed by atoms with Crippen molar-refractivity contribution in [2.45, 2.75) is 0 Å². The van der Waals surface area contributed by atoms with Crippen LogP contribution in [0.4, 0.5) is 11.5 Å². The summed E-state index contributed by atoms with van der Waals surface area (Å²) in [6.07, 6.45) is 0. The molecule has 20 heavy (non-hydrogen) atoms. The van der Waals surface area contributed by atoms with Gasteiger partial charge in [0.15, 0.2) is 0 Å². The fourth-order valence-electron chi connectivity index (χ4n) is 1.56. The minimum absolute atomic E-state index is 0.117. The number of pyridine rings is 1. The highest BCUT2D eigenvalue weighted by Gasteiger charge is 2.14. The first-order chi connectivity index (χ1) is 9.66. The van der Waals surface area contributed by atoms with E-state index in [9.17, 15) is 10.1 Å². The van der Waals surface area contributed by atoms with E-state index in [0.717, 1.165) is 5.75 Å². The van der Waals surface area contributed by atoms with Gasteiger partial charge in [0, 0.05) is 6.07 Å². The zero-order valence-electron chi connectivity index (χ0n) is 10.5. The Morgan fingerprint density at radius 3 is 2.70 bits per heavy atom. The molecule has 0 saturated heterocycles. The quantitative estimate of drug-likeness (QED) is 0.383. The van der Waals surface area contributed by atoms with Gasteiger partial charge in [0.2, 0.25) is 5.82 Å². The van der Waals surface area contributed by atoms with E-state index in [4.69, 9.17) is 16.3 Å². The van der Waals surface area contributed by atoms with Gasteiger partial charge in [-0.15, -0.1) is 0 Å². The second-order valence-corrected chi connectivity index (χ2v) is 4.23. The van der Waals surface area contributed by atoms with Crippen LogP contribution in [0.1, 0.15) is 0 Å². The Kier molecular flexibility index (Phi) is 4.73. The molecular formula is C13H12ClN3O3. The lowest BCUT2D eigenvalue weighted by atomic mass is 10.3. The number of rotatable bonds is 6. The molecule has 0 radical (unpaired) electrons. The maximum Gasteiger partial charge on any atom is 0.311 e. The van der Waals surface area contributed by atoms with Crippen LogP contribution >= 0.6 is 11.6 Å². The monoisotopic (exact) mass is 293 g/mol. The third-order valence-corrected chi connectivity index (χ3v) is 2.65. The number of halogens is 1. The molecule has 1 aromatic heterocycles. The predicted molar refractivity (Wildman–Crippen MR) is 76.3 cm³/mol. The molecule has 0 aliphatic heterocycles. The summed E-state index contributed by atoms with van der Waals surface area (Å²) in [6.45, 7) is 0.735. The molecule has 2 rings (SSSR count). The average Bonchev–Trinajstić information content (AvgIpc) is 2.44. The minimum atomic E-state index is -0.510. The van der Waals surface area contributed by atoms with Crippen molar-refractivity contribution in [2.24, 2.45) is 0 Å². The molecule has 0 bridgehead atoms. The number of nitro groups is 1. The molecule has 0 spiro atoms. The van der Waals surface area contributed by atoms with Crippen LogP contribution in [0.25, 0.3) is 0 Å². The van der Waals surface area contributed by atoms with Gasteiger partial charge in [0.25, 0.3) is 0 Å². The Bertz CT molecular complexity index is 593. The summed E-state index contributed by atoms with van der Waals surface area (Å²) >= 11 is 5.73. The van der Waals surface area contributed by atoms with Gasteiger partial charge in [-0.1, -0.05) is 29.8 Å². The van der Waals surface area contributed by atoms with E-state index in [1.165, 1.54) is 12.1 Å². The van der Waals surface area contributed by atoms with Crippen molar-refractivity contribution in [1.29, 1.82) is 0 Å². The third-order valence-electron chi connectivity index (χ3n) is 2.44. The van der Waals surface area contributed by atoms with E-state index >= 15 is 0 Å². The molecular weight excluding hydrogens is 282 g/mol. The maximum atomic E-state index is 10.8. The van der Waals surface area contributed by atoms with Crippen molar-refractivity contribution in [1.82, 2.24) is 4.98 Å². The van der Waals surface area contributed by atoms with Crippen molar-refractivity contribution in [3.8, 4) is 5.75 Å². The molecule has 0 fully saturated rings. The molecule has 0 amide bonds. The first-order valence-corrected chi connectivity index (χ1v) is 6.27. The Morgan fingerprint density at radius 2 is 2.00 bits per heavy atom. The maximum absolute atomic E-state index is 10.8.